The molecule has 178 valence electrons. The Morgan fingerprint density at radius 2 is 1.74 bits per heavy atom. The van der Waals surface area contributed by atoms with E-state index in [-0.39, 0.29) is 5.92 Å². The number of nitrogens with zero attached hydrogens (tertiary/aromatic N) is 6. The predicted molar refractivity (Wildman–Crippen MR) is 137 cm³/mol. The van der Waals surface area contributed by atoms with Crippen molar-refractivity contribution in [3.8, 4) is 5.69 Å². The van der Waals surface area contributed by atoms with E-state index < -0.39 is 0 Å². The summed E-state index contributed by atoms with van der Waals surface area (Å²) in [7, 11) is 0. The lowest BCUT2D eigenvalue weighted by atomic mass is 10.1. The second kappa shape index (κ2) is 9.13. The summed E-state index contributed by atoms with van der Waals surface area (Å²) in [5, 5.41) is 5.65. The minimum absolute atomic E-state index is 0.262. The highest BCUT2D eigenvalue weighted by Gasteiger charge is 2.34. The average Bonchev–Trinajstić information content (AvgIpc) is 3.69. The molecule has 2 aromatic heterocycles. The van der Waals surface area contributed by atoms with Gasteiger partial charge in [0.05, 0.1) is 17.3 Å². The van der Waals surface area contributed by atoms with Crippen LogP contribution in [0.15, 0.2) is 60.8 Å². The van der Waals surface area contributed by atoms with Crippen LogP contribution in [0.25, 0.3) is 16.7 Å². The number of aromatic nitrogens is 4. The van der Waals surface area contributed by atoms with Crippen LogP contribution in [0, 0.1) is 12.8 Å². The van der Waals surface area contributed by atoms with Gasteiger partial charge < -0.3 is 9.80 Å². The number of anilines is 1. The minimum Gasteiger partial charge on any atom is -0.354 e. The van der Waals surface area contributed by atoms with Gasteiger partial charge in [0.2, 0.25) is 5.91 Å². The highest BCUT2D eigenvalue weighted by atomic mass is 16.2. The largest absolute Gasteiger partial charge is 0.354 e. The molecule has 1 saturated heterocycles. The Kier molecular flexibility index (Phi) is 5.68. The van der Waals surface area contributed by atoms with E-state index in [4.69, 9.17) is 15.1 Å². The van der Waals surface area contributed by atoms with Crippen molar-refractivity contribution < 1.29 is 4.79 Å². The molecule has 0 radical (unpaired) electrons. The standard InChI is InChI=1S/C28H30N6O/c1-20-8-10-21(11-9-20)18-25-30-26(32-14-5-15-33(17-16-32)28(35)22-12-13-22)24-19-29-34(27(24)31-25)23-6-3-2-4-7-23/h2-4,6-11,19,22H,5,12-18H2,1H3. The van der Waals surface area contributed by atoms with Gasteiger partial charge in [-0.1, -0.05) is 48.0 Å². The van der Waals surface area contributed by atoms with Crippen LogP contribution in [0.1, 0.15) is 36.2 Å². The molecule has 7 nitrogen and oxygen atoms in total. The predicted octanol–water partition coefficient (Wildman–Crippen LogP) is 4.16. The molecule has 0 N–H and O–H groups in total. The van der Waals surface area contributed by atoms with Gasteiger partial charge >= 0.3 is 0 Å². The third-order valence-corrected chi connectivity index (χ3v) is 6.97. The highest BCUT2D eigenvalue weighted by Crippen LogP contribution is 2.32. The molecule has 1 amide bonds. The lowest BCUT2D eigenvalue weighted by Crippen LogP contribution is -2.36. The number of carbonyl (C=O) groups is 1. The van der Waals surface area contributed by atoms with Gasteiger partial charge in [0.1, 0.15) is 11.6 Å². The van der Waals surface area contributed by atoms with E-state index in [0.717, 1.165) is 73.8 Å². The van der Waals surface area contributed by atoms with Crippen molar-refractivity contribution in [1.29, 1.82) is 0 Å². The van der Waals surface area contributed by atoms with E-state index in [1.54, 1.807) is 0 Å². The first-order valence-corrected chi connectivity index (χ1v) is 12.5. The smallest absolute Gasteiger partial charge is 0.225 e. The van der Waals surface area contributed by atoms with Crippen LogP contribution in [0.2, 0.25) is 0 Å². The van der Waals surface area contributed by atoms with Gasteiger partial charge in [-0.15, -0.1) is 0 Å². The minimum atomic E-state index is 0.262. The molecule has 2 aromatic carbocycles. The highest BCUT2D eigenvalue weighted by molar-refractivity contribution is 5.88. The van der Waals surface area contributed by atoms with Crippen LogP contribution in [0.4, 0.5) is 5.82 Å². The van der Waals surface area contributed by atoms with Crippen LogP contribution < -0.4 is 4.90 Å². The maximum absolute atomic E-state index is 12.7. The Morgan fingerprint density at radius 3 is 2.51 bits per heavy atom. The number of hydrogen-bond acceptors (Lipinski definition) is 5. The van der Waals surface area contributed by atoms with Crippen molar-refractivity contribution in [3.05, 3.63) is 77.7 Å². The fourth-order valence-electron chi connectivity index (χ4n) is 4.84. The van der Waals surface area contributed by atoms with Crippen molar-refractivity contribution in [2.24, 2.45) is 5.92 Å². The fraction of sp³-hybridized carbons (Fsp3) is 0.357. The van der Waals surface area contributed by atoms with E-state index in [9.17, 15) is 4.79 Å². The molecule has 6 rings (SSSR count). The van der Waals surface area contributed by atoms with Crippen molar-refractivity contribution in [1.82, 2.24) is 24.6 Å². The van der Waals surface area contributed by atoms with Crippen molar-refractivity contribution in [2.45, 2.75) is 32.6 Å². The number of carbonyl (C=O) groups excluding carboxylic acids is 1. The number of para-hydroxylation sites is 1. The molecule has 1 aliphatic carbocycles. The monoisotopic (exact) mass is 466 g/mol. The Labute approximate surface area is 205 Å². The SMILES string of the molecule is Cc1ccc(Cc2nc(N3CCCN(C(=O)C4CC4)CC3)c3cnn(-c4ccccc4)c3n2)cc1. The first kappa shape index (κ1) is 21.8. The number of amides is 1. The average molecular weight is 467 g/mol. The summed E-state index contributed by atoms with van der Waals surface area (Å²) in [5.74, 6) is 2.29. The van der Waals surface area contributed by atoms with Crippen LogP contribution in [0.5, 0.6) is 0 Å². The zero-order valence-corrected chi connectivity index (χ0v) is 20.1. The van der Waals surface area contributed by atoms with E-state index in [1.807, 2.05) is 41.2 Å². The fourth-order valence-corrected chi connectivity index (χ4v) is 4.84. The van der Waals surface area contributed by atoms with Gasteiger partial charge in [-0.25, -0.2) is 14.6 Å². The normalized spacial score (nSPS) is 16.5. The molecule has 0 spiro atoms. The number of fused-ring (bicyclic) bond motifs is 1. The van der Waals surface area contributed by atoms with Crippen LogP contribution in [0.3, 0.4) is 0 Å². The van der Waals surface area contributed by atoms with Gasteiger partial charge in [-0.3, -0.25) is 4.79 Å². The molecular formula is C28H30N6O. The molecule has 1 aliphatic heterocycles. The number of aryl methyl sites for hydroxylation is 1. The summed E-state index contributed by atoms with van der Waals surface area (Å²) in [4.78, 5) is 27.1. The van der Waals surface area contributed by atoms with E-state index in [2.05, 4.69) is 41.0 Å². The Bertz CT molecular complexity index is 1340. The first-order valence-electron chi connectivity index (χ1n) is 12.5. The van der Waals surface area contributed by atoms with Crippen molar-refractivity contribution >= 4 is 22.8 Å². The molecule has 35 heavy (non-hydrogen) atoms. The second-order valence-corrected chi connectivity index (χ2v) is 9.70. The summed E-state index contributed by atoms with van der Waals surface area (Å²) in [6.07, 6.45) is 5.57. The lowest BCUT2D eigenvalue weighted by Gasteiger charge is -2.24. The Hall–Kier alpha value is -3.74. The number of benzene rings is 2. The zero-order chi connectivity index (χ0) is 23.8. The molecule has 0 unspecified atom stereocenters. The molecule has 3 heterocycles. The summed E-state index contributed by atoms with van der Waals surface area (Å²) < 4.78 is 1.90. The Balaban J connectivity index is 1.38. The lowest BCUT2D eigenvalue weighted by molar-refractivity contribution is -0.132. The topological polar surface area (TPSA) is 67.2 Å². The summed E-state index contributed by atoms with van der Waals surface area (Å²) in [6, 6.07) is 18.7. The molecular weight excluding hydrogens is 436 g/mol. The van der Waals surface area contributed by atoms with Gasteiger partial charge in [-0.2, -0.15) is 5.10 Å². The van der Waals surface area contributed by atoms with Gasteiger partial charge in [0.25, 0.3) is 0 Å². The molecule has 2 fully saturated rings. The van der Waals surface area contributed by atoms with Crippen LogP contribution >= 0.6 is 0 Å². The molecule has 1 saturated carbocycles. The molecule has 0 atom stereocenters. The molecule has 0 bridgehead atoms. The maximum Gasteiger partial charge on any atom is 0.225 e. The number of rotatable bonds is 5. The van der Waals surface area contributed by atoms with Gasteiger partial charge in [-0.05, 0) is 43.9 Å². The quantitative estimate of drug-likeness (QED) is 0.442. The second-order valence-electron chi connectivity index (χ2n) is 9.70. The Morgan fingerprint density at radius 1 is 0.943 bits per heavy atom. The van der Waals surface area contributed by atoms with Gasteiger partial charge in [0.15, 0.2) is 5.65 Å². The summed E-state index contributed by atoms with van der Waals surface area (Å²) >= 11 is 0. The molecule has 2 aliphatic rings. The van der Waals surface area contributed by atoms with E-state index in [1.165, 1.54) is 11.1 Å². The van der Waals surface area contributed by atoms with Crippen molar-refractivity contribution in [3.63, 3.8) is 0 Å². The first-order chi connectivity index (χ1) is 17.2. The van der Waals surface area contributed by atoms with Crippen LogP contribution in [-0.2, 0) is 11.2 Å². The maximum atomic E-state index is 12.7. The summed E-state index contributed by atoms with van der Waals surface area (Å²) in [6.45, 7) is 5.28. The van der Waals surface area contributed by atoms with Crippen LogP contribution in [-0.4, -0.2) is 56.7 Å². The molecule has 4 aromatic rings. The van der Waals surface area contributed by atoms with Gasteiger partial charge in [0, 0.05) is 38.5 Å². The summed E-state index contributed by atoms with van der Waals surface area (Å²) in [5.41, 5.74) is 4.22. The van der Waals surface area contributed by atoms with E-state index >= 15 is 0 Å². The van der Waals surface area contributed by atoms with Crippen molar-refractivity contribution in [2.75, 3.05) is 31.1 Å². The zero-order valence-electron chi connectivity index (χ0n) is 20.1. The third kappa shape index (κ3) is 4.50. The number of hydrogen-bond donors (Lipinski definition) is 0. The third-order valence-electron chi connectivity index (χ3n) is 6.97. The molecule has 7 heteroatoms. The van der Waals surface area contributed by atoms with E-state index in [0.29, 0.717) is 12.3 Å².